The van der Waals surface area contributed by atoms with E-state index in [1.54, 1.807) is 43.4 Å². The number of aliphatic hydroxyl groups excluding tert-OH is 2. The van der Waals surface area contributed by atoms with Crippen molar-refractivity contribution >= 4 is 12.6 Å². The van der Waals surface area contributed by atoms with Gasteiger partial charge >= 0.3 is 7.12 Å². The maximum Gasteiger partial charge on any atom is 0.636 e. The standard InChI is InChI=1S/C19H19BFNO5/c1-22-12-18(23)26-20(27-19(24)13-22)15-4-8-17(9-5-15)25-11-10-14-2-6-16(21)7-3-14/h2-9,12-13,23-24H,10-11H2,1H3/b18-12-,19-13?. The zero-order chi connectivity index (χ0) is 19.2. The fourth-order valence-electron chi connectivity index (χ4n) is 2.48. The van der Waals surface area contributed by atoms with Crippen LogP contribution in [0, 0.1) is 5.82 Å². The van der Waals surface area contributed by atoms with E-state index in [4.69, 9.17) is 14.0 Å². The summed E-state index contributed by atoms with van der Waals surface area (Å²) in [6, 6.07) is 13.2. The minimum Gasteiger partial charge on any atom is -0.494 e. The van der Waals surface area contributed by atoms with Crippen molar-refractivity contribution in [2.24, 2.45) is 0 Å². The molecule has 0 saturated heterocycles. The van der Waals surface area contributed by atoms with Crippen LogP contribution in [0.3, 0.4) is 0 Å². The minimum absolute atomic E-state index is 0.262. The van der Waals surface area contributed by atoms with Crippen LogP contribution in [-0.4, -0.2) is 35.9 Å². The SMILES string of the molecule is CN1C=C(O)OB(c2ccc(OCCc3ccc(F)cc3)cc2)O/C(O)=C\1. The number of rotatable bonds is 5. The van der Waals surface area contributed by atoms with Gasteiger partial charge < -0.3 is 29.2 Å². The summed E-state index contributed by atoms with van der Waals surface area (Å²) < 4.78 is 29.1. The Kier molecular flexibility index (Phi) is 5.75. The van der Waals surface area contributed by atoms with Crippen molar-refractivity contribution in [3.8, 4) is 5.75 Å². The Labute approximate surface area is 156 Å². The summed E-state index contributed by atoms with van der Waals surface area (Å²) in [5.74, 6) is -0.301. The summed E-state index contributed by atoms with van der Waals surface area (Å²) >= 11 is 0. The average Bonchev–Trinajstić information content (AvgIpc) is 2.62. The first-order valence-electron chi connectivity index (χ1n) is 8.33. The first kappa shape index (κ1) is 18.5. The molecular formula is C19H19BFNO5. The van der Waals surface area contributed by atoms with Crippen LogP contribution < -0.4 is 10.2 Å². The average molecular weight is 371 g/mol. The summed E-state index contributed by atoms with van der Waals surface area (Å²) in [6.07, 6.45) is 3.26. The molecule has 27 heavy (non-hydrogen) atoms. The highest BCUT2D eigenvalue weighted by atomic mass is 19.1. The molecule has 0 aliphatic carbocycles. The molecule has 3 rings (SSSR count). The fraction of sp³-hybridized carbons (Fsp3) is 0.158. The van der Waals surface area contributed by atoms with E-state index in [1.807, 2.05) is 0 Å². The summed E-state index contributed by atoms with van der Waals surface area (Å²) in [6.45, 7) is 0.445. The smallest absolute Gasteiger partial charge is 0.494 e. The number of nitrogens with zero attached hydrogens (tertiary/aromatic N) is 1. The zero-order valence-corrected chi connectivity index (χ0v) is 14.7. The lowest BCUT2D eigenvalue weighted by molar-refractivity contribution is 0.124. The molecule has 2 aromatic rings. The van der Waals surface area contributed by atoms with Gasteiger partial charge in [-0.3, -0.25) is 0 Å². The molecule has 1 aliphatic rings. The van der Waals surface area contributed by atoms with E-state index in [0.717, 1.165) is 5.56 Å². The van der Waals surface area contributed by atoms with Crippen LogP contribution in [-0.2, 0) is 15.7 Å². The topological polar surface area (TPSA) is 71.4 Å². The molecule has 0 saturated carbocycles. The third-order valence-corrected chi connectivity index (χ3v) is 3.81. The summed E-state index contributed by atoms with van der Waals surface area (Å²) in [5.41, 5.74) is 1.57. The van der Waals surface area contributed by atoms with Crippen LogP contribution in [0.5, 0.6) is 5.75 Å². The first-order chi connectivity index (χ1) is 13.0. The van der Waals surface area contributed by atoms with Crippen molar-refractivity contribution in [3.05, 3.63) is 84.2 Å². The molecule has 0 unspecified atom stereocenters. The molecule has 8 heteroatoms. The van der Waals surface area contributed by atoms with Gasteiger partial charge in [0.1, 0.15) is 11.6 Å². The Bertz CT molecular complexity index is 801. The quantitative estimate of drug-likeness (QED) is 0.788. The molecule has 1 aliphatic heterocycles. The lowest BCUT2D eigenvalue weighted by Gasteiger charge is -2.20. The number of aliphatic hydroxyl groups is 2. The highest BCUT2D eigenvalue weighted by Gasteiger charge is 2.29. The zero-order valence-electron chi connectivity index (χ0n) is 14.7. The molecule has 0 amide bonds. The van der Waals surface area contributed by atoms with Gasteiger partial charge in [0.15, 0.2) is 0 Å². The second kappa shape index (κ2) is 8.40. The lowest BCUT2D eigenvalue weighted by Crippen LogP contribution is -2.37. The van der Waals surface area contributed by atoms with Crippen molar-refractivity contribution in [1.82, 2.24) is 4.90 Å². The van der Waals surface area contributed by atoms with Gasteiger partial charge in [0.2, 0.25) is 0 Å². The van der Waals surface area contributed by atoms with Gasteiger partial charge in [-0.1, -0.05) is 24.3 Å². The maximum absolute atomic E-state index is 12.9. The lowest BCUT2D eigenvalue weighted by atomic mass is 9.79. The molecular weight excluding hydrogens is 352 g/mol. The summed E-state index contributed by atoms with van der Waals surface area (Å²) in [4.78, 5) is 1.40. The third-order valence-electron chi connectivity index (χ3n) is 3.81. The van der Waals surface area contributed by atoms with E-state index >= 15 is 0 Å². The van der Waals surface area contributed by atoms with Crippen molar-refractivity contribution in [2.45, 2.75) is 6.42 Å². The van der Waals surface area contributed by atoms with E-state index < -0.39 is 7.12 Å². The number of benzene rings is 2. The van der Waals surface area contributed by atoms with Crippen LogP contribution in [0.2, 0.25) is 0 Å². The number of hydrogen-bond acceptors (Lipinski definition) is 6. The summed E-state index contributed by atoms with van der Waals surface area (Å²) in [5, 5.41) is 19.5. The highest BCUT2D eigenvalue weighted by molar-refractivity contribution is 6.61. The van der Waals surface area contributed by atoms with E-state index in [0.29, 0.717) is 24.2 Å². The second-order valence-corrected chi connectivity index (χ2v) is 5.96. The minimum atomic E-state index is -1.00. The molecule has 1 heterocycles. The fourth-order valence-corrected chi connectivity index (χ4v) is 2.48. The molecule has 0 aromatic heterocycles. The Balaban J connectivity index is 1.58. The first-order valence-corrected chi connectivity index (χ1v) is 8.33. The number of hydrogen-bond donors (Lipinski definition) is 2. The monoisotopic (exact) mass is 371 g/mol. The van der Waals surface area contributed by atoms with E-state index in [1.165, 1.54) is 29.4 Å². The predicted molar refractivity (Wildman–Crippen MR) is 98.8 cm³/mol. The van der Waals surface area contributed by atoms with Gasteiger partial charge in [-0.25, -0.2) is 4.39 Å². The largest absolute Gasteiger partial charge is 0.636 e. The molecule has 0 bridgehead atoms. The van der Waals surface area contributed by atoms with Crippen molar-refractivity contribution in [3.63, 3.8) is 0 Å². The van der Waals surface area contributed by atoms with E-state index in [-0.39, 0.29) is 17.7 Å². The molecule has 0 radical (unpaired) electrons. The highest BCUT2D eigenvalue weighted by Crippen LogP contribution is 2.13. The van der Waals surface area contributed by atoms with Gasteiger partial charge in [-0.05, 0) is 29.8 Å². The van der Waals surface area contributed by atoms with Crippen molar-refractivity contribution in [2.75, 3.05) is 13.7 Å². The van der Waals surface area contributed by atoms with Gasteiger partial charge in [-0.15, -0.1) is 0 Å². The van der Waals surface area contributed by atoms with Gasteiger partial charge in [0, 0.05) is 18.9 Å². The van der Waals surface area contributed by atoms with E-state index in [9.17, 15) is 14.6 Å². The number of halogens is 1. The molecule has 0 atom stereocenters. The van der Waals surface area contributed by atoms with Crippen molar-refractivity contribution in [1.29, 1.82) is 0 Å². The molecule has 6 nitrogen and oxygen atoms in total. The molecule has 0 fully saturated rings. The van der Waals surface area contributed by atoms with Crippen LogP contribution in [0.4, 0.5) is 4.39 Å². The van der Waals surface area contributed by atoms with Gasteiger partial charge in [-0.2, -0.15) is 0 Å². The van der Waals surface area contributed by atoms with E-state index in [2.05, 4.69) is 0 Å². The summed E-state index contributed by atoms with van der Waals surface area (Å²) in [7, 11) is 0.608. The van der Waals surface area contributed by atoms with Gasteiger partial charge in [0.25, 0.3) is 11.9 Å². The maximum atomic E-state index is 12.9. The van der Waals surface area contributed by atoms with Crippen LogP contribution in [0.1, 0.15) is 5.56 Å². The molecule has 2 N–H and O–H groups in total. The van der Waals surface area contributed by atoms with Crippen LogP contribution >= 0.6 is 0 Å². The number of ether oxygens (including phenoxy) is 1. The Hall–Kier alpha value is -3.29. The Morgan fingerprint density at radius 2 is 1.56 bits per heavy atom. The predicted octanol–water partition coefficient (Wildman–Crippen LogP) is 2.83. The van der Waals surface area contributed by atoms with Crippen LogP contribution in [0.25, 0.3) is 0 Å². The molecule has 140 valence electrons. The molecule has 0 spiro atoms. The second-order valence-electron chi connectivity index (χ2n) is 5.96. The normalized spacial score (nSPS) is 16.2. The van der Waals surface area contributed by atoms with Crippen LogP contribution in [0.15, 0.2) is 72.8 Å². The van der Waals surface area contributed by atoms with Gasteiger partial charge in [0.05, 0.1) is 19.0 Å². The Morgan fingerprint density at radius 1 is 0.963 bits per heavy atom. The Morgan fingerprint density at radius 3 is 2.15 bits per heavy atom. The third kappa shape index (κ3) is 5.34. The molecule has 2 aromatic carbocycles. The van der Waals surface area contributed by atoms with Crippen molar-refractivity contribution < 1.29 is 28.6 Å².